The number of benzene rings is 1. The molecule has 29 heavy (non-hydrogen) atoms. The fourth-order valence-corrected chi connectivity index (χ4v) is 3.78. The van der Waals surface area contributed by atoms with Gasteiger partial charge in [-0.15, -0.1) is 0 Å². The van der Waals surface area contributed by atoms with Crippen LogP contribution in [0.15, 0.2) is 36.4 Å². The second-order valence-electron chi connectivity index (χ2n) is 8.73. The highest BCUT2D eigenvalue weighted by Gasteiger charge is 2.28. The van der Waals surface area contributed by atoms with Gasteiger partial charge in [0.15, 0.2) is 0 Å². The van der Waals surface area contributed by atoms with Crippen LogP contribution in [0.25, 0.3) is 5.69 Å². The Labute approximate surface area is 173 Å². The minimum Gasteiger partial charge on any atom is -0.378 e. The molecule has 156 valence electrons. The van der Waals surface area contributed by atoms with Crippen LogP contribution in [0.1, 0.15) is 51.1 Å². The average Bonchev–Trinajstić information content (AvgIpc) is 3.49. The van der Waals surface area contributed by atoms with Crippen molar-refractivity contribution in [1.82, 2.24) is 14.7 Å². The fraction of sp³-hybridized carbons (Fsp3) is 0.565. The third-order valence-corrected chi connectivity index (χ3v) is 5.56. The summed E-state index contributed by atoms with van der Waals surface area (Å²) < 4.78 is 7.81. The normalized spacial score (nSPS) is 18.3. The Balaban J connectivity index is 1.34. The van der Waals surface area contributed by atoms with E-state index in [-0.39, 0.29) is 5.91 Å². The van der Waals surface area contributed by atoms with E-state index >= 15 is 0 Å². The molecule has 1 saturated carbocycles. The summed E-state index contributed by atoms with van der Waals surface area (Å²) in [6.07, 6.45) is 4.69. The van der Waals surface area contributed by atoms with Crippen molar-refractivity contribution in [3.05, 3.63) is 42.1 Å². The summed E-state index contributed by atoms with van der Waals surface area (Å²) in [4.78, 5) is 14.9. The maximum atomic E-state index is 12.7. The topological polar surface area (TPSA) is 59.4 Å². The van der Waals surface area contributed by atoms with E-state index in [1.807, 2.05) is 41.1 Å². The first-order valence-electron chi connectivity index (χ1n) is 10.9. The van der Waals surface area contributed by atoms with Gasteiger partial charge in [0.1, 0.15) is 5.82 Å². The van der Waals surface area contributed by atoms with Crippen LogP contribution in [0.5, 0.6) is 0 Å². The lowest BCUT2D eigenvalue weighted by molar-refractivity contribution is -0.118. The number of hydrogen-bond donors (Lipinski definition) is 1. The van der Waals surface area contributed by atoms with Gasteiger partial charge in [-0.3, -0.25) is 9.69 Å². The van der Waals surface area contributed by atoms with Crippen LogP contribution in [0.4, 0.5) is 5.82 Å². The van der Waals surface area contributed by atoms with E-state index in [2.05, 4.69) is 24.1 Å². The number of likely N-dealkylation sites (tertiary alicyclic amines) is 1. The second kappa shape index (κ2) is 9.09. The number of piperidine rings is 1. The lowest BCUT2D eigenvalue weighted by atomic mass is 10.1. The first kappa shape index (κ1) is 20.1. The lowest BCUT2D eigenvalue weighted by Crippen LogP contribution is -2.41. The zero-order valence-electron chi connectivity index (χ0n) is 17.5. The van der Waals surface area contributed by atoms with E-state index in [4.69, 9.17) is 9.84 Å². The standard InChI is InChI=1S/C23H32N4O2/c1-17(2)16-29-20-10-12-26(13-11-20)15-23(28)24-22-14-21(18-8-9-18)25-27(22)19-6-4-3-5-7-19/h3-7,14,17-18,20H,8-13,15-16H2,1-2H3,(H,24,28). The number of hydrogen-bond acceptors (Lipinski definition) is 4. The van der Waals surface area contributed by atoms with E-state index in [0.29, 0.717) is 24.5 Å². The van der Waals surface area contributed by atoms with Crippen molar-refractivity contribution < 1.29 is 9.53 Å². The first-order valence-corrected chi connectivity index (χ1v) is 10.9. The van der Waals surface area contributed by atoms with Crippen LogP contribution in [-0.4, -0.2) is 52.9 Å². The Hall–Kier alpha value is -2.18. The van der Waals surface area contributed by atoms with E-state index in [1.165, 1.54) is 12.8 Å². The molecule has 2 fully saturated rings. The Morgan fingerprint density at radius 3 is 2.55 bits per heavy atom. The van der Waals surface area contributed by atoms with Crippen molar-refractivity contribution in [2.24, 2.45) is 5.92 Å². The summed E-state index contributed by atoms with van der Waals surface area (Å²) in [5, 5.41) is 7.86. The van der Waals surface area contributed by atoms with Crippen LogP contribution in [-0.2, 0) is 9.53 Å². The summed E-state index contributed by atoms with van der Waals surface area (Å²) in [6.45, 7) is 7.39. The zero-order valence-corrected chi connectivity index (χ0v) is 17.5. The van der Waals surface area contributed by atoms with Gasteiger partial charge in [0.2, 0.25) is 5.91 Å². The summed E-state index contributed by atoms with van der Waals surface area (Å²) in [5.74, 6) is 1.89. The highest BCUT2D eigenvalue weighted by Crippen LogP contribution is 2.40. The molecule has 2 heterocycles. The predicted molar refractivity (Wildman–Crippen MR) is 114 cm³/mol. The van der Waals surface area contributed by atoms with Crippen molar-refractivity contribution in [2.45, 2.75) is 51.6 Å². The maximum Gasteiger partial charge on any atom is 0.239 e. The van der Waals surface area contributed by atoms with Crippen molar-refractivity contribution in [2.75, 3.05) is 31.6 Å². The third-order valence-electron chi connectivity index (χ3n) is 5.56. The van der Waals surface area contributed by atoms with Crippen molar-refractivity contribution in [3.63, 3.8) is 0 Å². The van der Waals surface area contributed by atoms with Crippen molar-refractivity contribution >= 4 is 11.7 Å². The lowest BCUT2D eigenvalue weighted by Gasteiger charge is -2.31. The molecule has 1 amide bonds. The zero-order chi connectivity index (χ0) is 20.2. The number of nitrogens with one attached hydrogen (secondary N) is 1. The Morgan fingerprint density at radius 2 is 1.90 bits per heavy atom. The summed E-state index contributed by atoms with van der Waals surface area (Å²) in [7, 11) is 0. The quantitative estimate of drug-likeness (QED) is 0.737. The molecule has 2 aliphatic rings. The maximum absolute atomic E-state index is 12.7. The number of carbonyl (C=O) groups excluding carboxylic acids is 1. The minimum atomic E-state index is 0.0194. The van der Waals surface area contributed by atoms with Gasteiger partial charge in [-0.05, 0) is 43.7 Å². The Kier molecular flexibility index (Phi) is 6.31. The van der Waals surface area contributed by atoms with E-state index < -0.39 is 0 Å². The number of para-hydroxylation sites is 1. The number of ether oxygens (including phenoxy) is 1. The molecule has 1 aliphatic carbocycles. The Morgan fingerprint density at radius 1 is 1.17 bits per heavy atom. The molecule has 0 unspecified atom stereocenters. The molecule has 6 heteroatoms. The minimum absolute atomic E-state index is 0.0194. The number of carbonyl (C=O) groups is 1. The first-order chi connectivity index (χ1) is 14.1. The van der Waals surface area contributed by atoms with E-state index in [1.54, 1.807) is 0 Å². The molecule has 0 spiro atoms. The van der Waals surface area contributed by atoms with E-state index in [9.17, 15) is 4.79 Å². The fourth-order valence-electron chi connectivity index (χ4n) is 3.78. The molecule has 0 radical (unpaired) electrons. The van der Waals surface area contributed by atoms with Gasteiger partial charge in [0.05, 0.1) is 24.0 Å². The van der Waals surface area contributed by atoms with Gasteiger partial charge in [0, 0.05) is 31.7 Å². The van der Waals surface area contributed by atoms with Crippen LogP contribution in [0.3, 0.4) is 0 Å². The summed E-state index contributed by atoms with van der Waals surface area (Å²) in [5.41, 5.74) is 2.05. The average molecular weight is 397 g/mol. The molecule has 0 atom stereocenters. The highest BCUT2D eigenvalue weighted by molar-refractivity contribution is 5.91. The second-order valence-corrected chi connectivity index (χ2v) is 8.73. The van der Waals surface area contributed by atoms with Gasteiger partial charge >= 0.3 is 0 Å². The van der Waals surface area contributed by atoms with Gasteiger partial charge < -0.3 is 10.1 Å². The largest absolute Gasteiger partial charge is 0.378 e. The van der Waals surface area contributed by atoms with Gasteiger partial charge in [0.25, 0.3) is 0 Å². The Bertz CT molecular complexity index is 806. The van der Waals surface area contributed by atoms with Gasteiger partial charge in [-0.25, -0.2) is 4.68 Å². The number of anilines is 1. The van der Waals surface area contributed by atoms with Gasteiger partial charge in [-0.1, -0.05) is 32.0 Å². The molecular weight excluding hydrogens is 364 g/mol. The SMILES string of the molecule is CC(C)COC1CCN(CC(=O)Nc2cc(C3CC3)nn2-c2ccccc2)CC1. The summed E-state index contributed by atoms with van der Waals surface area (Å²) in [6, 6.07) is 12.0. The molecule has 1 aromatic carbocycles. The molecule has 1 aliphatic heterocycles. The van der Waals surface area contributed by atoms with Crippen molar-refractivity contribution in [1.29, 1.82) is 0 Å². The van der Waals surface area contributed by atoms with Crippen molar-refractivity contribution in [3.8, 4) is 5.69 Å². The van der Waals surface area contributed by atoms with Crippen LogP contribution < -0.4 is 5.32 Å². The molecule has 6 nitrogen and oxygen atoms in total. The number of amides is 1. The van der Waals surface area contributed by atoms with Crippen LogP contribution in [0, 0.1) is 5.92 Å². The predicted octanol–water partition coefficient (Wildman–Crippen LogP) is 3.83. The third kappa shape index (κ3) is 5.46. The summed E-state index contributed by atoms with van der Waals surface area (Å²) >= 11 is 0. The number of aromatic nitrogens is 2. The smallest absolute Gasteiger partial charge is 0.239 e. The highest BCUT2D eigenvalue weighted by atomic mass is 16.5. The molecule has 4 rings (SSSR count). The number of rotatable bonds is 8. The molecule has 1 aromatic heterocycles. The molecule has 1 saturated heterocycles. The monoisotopic (exact) mass is 396 g/mol. The molecule has 0 bridgehead atoms. The van der Waals surface area contributed by atoms with E-state index in [0.717, 1.165) is 49.7 Å². The number of nitrogens with zero attached hydrogens (tertiary/aromatic N) is 3. The molecule has 2 aromatic rings. The molecular formula is C23H32N4O2. The molecule has 1 N–H and O–H groups in total. The van der Waals surface area contributed by atoms with Gasteiger partial charge in [-0.2, -0.15) is 5.10 Å². The van der Waals surface area contributed by atoms with Crippen LogP contribution in [0.2, 0.25) is 0 Å². The van der Waals surface area contributed by atoms with Crippen LogP contribution >= 0.6 is 0 Å².